The van der Waals surface area contributed by atoms with Crippen molar-refractivity contribution in [2.24, 2.45) is 5.73 Å². The molecule has 1 heterocycles. The first-order valence-corrected chi connectivity index (χ1v) is 5.80. The molecule has 5 nitrogen and oxygen atoms in total. The Morgan fingerprint density at radius 3 is 2.76 bits per heavy atom. The summed E-state index contributed by atoms with van der Waals surface area (Å²) >= 11 is 0. The summed E-state index contributed by atoms with van der Waals surface area (Å²) in [6.07, 6.45) is 3.75. The molecule has 4 N–H and O–H groups in total. The normalized spacial score (nSPS) is 10.2. The highest BCUT2D eigenvalue weighted by molar-refractivity contribution is 5.79. The average Bonchev–Trinajstić information content (AvgIpc) is 2.27. The highest BCUT2D eigenvalue weighted by atomic mass is 16.1. The van der Waals surface area contributed by atoms with Gasteiger partial charge in [-0.3, -0.25) is 4.79 Å². The molecule has 0 unspecified atom stereocenters. The minimum Gasteiger partial charge on any atom is -0.398 e. The van der Waals surface area contributed by atoms with E-state index >= 15 is 0 Å². The Morgan fingerprint density at radius 1 is 1.53 bits per heavy atom. The van der Waals surface area contributed by atoms with Crippen molar-refractivity contribution >= 4 is 17.4 Å². The van der Waals surface area contributed by atoms with E-state index in [1.807, 2.05) is 11.8 Å². The number of nitrogen functional groups attached to an aromatic ring is 1. The van der Waals surface area contributed by atoms with Gasteiger partial charge in [0.2, 0.25) is 5.91 Å². The lowest BCUT2D eigenvalue weighted by atomic mass is 10.2. The van der Waals surface area contributed by atoms with E-state index in [2.05, 4.69) is 11.9 Å². The Balaban J connectivity index is 2.86. The van der Waals surface area contributed by atoms with Gasteiger partial charge in [-0.2, -0.15) is 0 Å². The maximum atomic E-state index is 11.0. The number of carbonyl (C=O) groups is 1. The minimum atomic E-state index is -0.359. The Bertz CT molecular complexity index is 392. The van der Waals surface area contributed by atoms with Gasteiger partial charge in [0.25, 0.3) is 0 Å². The standard InChI is InChI=1S/C12H20N4O/c1-3-4-5-16(8-11(14)17)12-6-10(13)9(2)7-15-12/h6-7H,3-5,8H2,1-2H3,(H2,13,15)(H2,14,17). The number of nitrogens with two attached hydrogens (primary N) is 2. The van der Waals surface area contributed by atoms with Crippen molar-refractivity contribution in [2.75, 3.05) is 23.7 Å². The summed E-state index contributed by atoms with van der Waals surface area (Å²) in [5.74, 6) is 0.349. The molecule has 0 fully saturated rings. The van der Waals surface area contributed by atoms with Crippen LogP contribution in [0.25, 0.3) is 0 Å². The van der Waals surface area contributed by atoms with Crippen LogP contribution in [-0.2, 0) is 4.79 Å². The lowest BCUT2D eigenvalue weighted by molar-refractivity contribution is -0.116. The molecule has 0 aliphatic carbocycles. The van der Waals surface area contributed by atoms with Gasteiger partial charge < -0.3 is 16.4 Å². The fraction of sp³-hybridized carbons (Fsp3) is 0.500. The van der Waals surface area contributed by atoms with Crippen molar-refractivity contribution in [3.05, 3.63) is 17.8 Å². The molecule has 0 radical (unpaired) electrons. The Kier molecular flexibility index (Phi) is 4.75. The van der Waals surface area contributed by atoms with Gasteiger partial charge in [0.15, 0.2) is 0 Å². The van der Waals surface area contributed by atoms with Crippen LogP contribution in [0.4, 0.5) is 11.5 Å². The fourth-order valence-corrected chi connectivity index (χ4v) is 1.51. The van der Waals surface area contributed by atoms with Crippen molar-refractivity contribution in [1.82, 2.24) is 4.98 Å². The predicted octanol–water partition coefficient (Wildman–Crippen LogP) is 1.06. The summed E-state index contributed by atoms with van der Waals surface area (Å²) in [7, 11) is 0. The first-order valence-electron chi connectivity index (χ1n) is 5.80. The molecule has 0 aromatic carbocycles. The lowest BCUT2D eigenvalue weighted by Crippen LogP contribution is -2.35. The van der Waals surface area contributed by atoms with Crippen molar-refractivity contribution in [2.45, 2.75) is 26.7 Å². The molecular weight excluding hydrogens is 216 g/mol. The van der Waals surface area contributed by atoms with Gasteiger partial charge in [-0.15, -0.1) is 0 Å². The number of anilines is 2. The molecule has 0 bridgehead atoms. The number of nitrogens with zero attached hydrogens (tertiary/aromatic N) is 2. The van der Waals surface area contributed by atoms with Gasteiger partial charge in [-0.25, -0.2) is 4.98 Å². The third-order valence-corrected chi connectivity index (χ3v) is 2.58. The van der Waals surface area contributed by atoms with Gasteiger partial charge in [0.05, 0.1) is 6.54 Å². The molecule has 1 amide bonds. The number of primary amides is 1. The van der Waals surface area contributed by atoms with Gasteiger partial charge in [-0.1, -0.05) is 13.3 Å². The topological polar surface area (TPSA) is 85.2 Å². The van der Waals surface area contributed by atoms with Crippen LogP contribution in [0, 0.1) is 6.92 Å². The van der Waals surface area contributed by atoms with Crippen molar-refractivity contribution < 1.29 is 4.79 Å². The molecule has 1 aromatic heterocycles. The van der Waals surface area contributed by atoms with Crippen molar-refractivity contribution in [1.29, 1.82) is 0 Å². The number of hydrogen-bond acceptors (Lipinski definition) is 4. The molecule has 94 valence electrons. The number of aromatic nitrogens is 1. The van der Waals surface area contributed by atoms with E-state index in [1.165, 1.54) is 0 Å². The quantitative estimate of drug-likeness (QED) is 0.773. The van der Waals surface area contributed by atoms with Gasteiger partial charge >= 0.3 is 0 Å². The number of carbonyl (C=O) groups excluding carboxylic acids is 1. The highest BCUT2D eigenvalue weighted by Gasteiger charge is 2.11. The third kappa shape index (κ3) is 3.94. The summed E-state index contributed by atoms with van der Waals surface area (Å²) < 4.78 is 0. The molecular formula is C12H20N4O. The zero-order chi connectivity index (χ0) is 12.8. The van der Waals surface area contributed by atoms with Crippen LogP contribution in [0.2, 0.25) is 0 Å². The van der Waals surface area contributed by atoms with Crippen LogP contribution < -0.4 is 16.4 Å². The van der Waals surface area contributed by atoms with Crippen LogP contribution in [0.15, 0.2) is 12.3 Å². The van der Waals surface area contributed by atoms with Crippen molar-refractivity contribution in [3.63, 3.8) is 0 Å². The number of amides is 1. The van der Waals surface area contributed by atoms with E-state index in [0.29, 0.717) is 11.5 Å². The minimum absolute atomic E-state index is 0.176. The highest BCUT2D eigenvalue weighted by Crippen LogP contribution is 2.17. The van der Waals surface area contributed by atoms with E-state index in [1.54, 1.807) is 12.3 Å². The predicted molar refractivity (Wildman–Crippen MR) is 69.7 cm³/mol. The van der Waals surface area contributed by atoms with E-state index < -0.39 is 0 Å². The second-order valence-corrected chi connectivity index (χ2v) is 4.14. The average molecular weight is 236 g/mol. The summed E-state index contributed by atoms with van der Waals surface area (Å²) in [5, 5.41) is 0. The van der Waals surface area contributed by atoms with Crippen LogP contribution in [0.1, 0.15) is 25.3 Å². The molecule has 17 heavy (non-hydrogen) atoms. The molecule has 0 saturated carbocycles. The van der Waals surface area contributed by atoms with E-state index in [-0.39, 0.29) is 12.5 Å². The molecule has 1 rings (SSSR count). The number of hydrogen-bond donors (Lipinski definition) is 2. The van der Waals surface area contributed by atoms with E-state index in [0.717, 1.165) is 24.9 Å². The smallest absolute Gasteiger partial charge is 0.236 e. The summed E-state index contributed by atoms with van der Waals surface area (Å²) in [5.41, 5.74) is 12.7. The van der Waals surface area contributed by atoms with E-state index in [9.17, 15) is 4.79 Å². The molecule has 0 aliphatic rings. The van der Waals surface area contributed by atoms with Crippen LogP contribution >= 0.6 is 0 Å². The fourth-order valence-electron chi connectivity index (χ4n) is 1.51. The summed E-state index contributed by atoms with van der Waals surface area (Å²) in [6.45, 7) is 4.93. The molecule has 0 spiro atoms. The van der Waals surface area contributed by atoms with Gasteiger partial charge in [0, 0.05) is 24.5 Å². The molecule has 0 atom stereocenters. The zero-order valence-corrected chi connectivity index (χ0v) is 10.4. The first-order chi connectivity index (χ1) is 8.04. The van der Waals surface area contributed by atoms with Crippen molar-refractivity contribution in [3.8, 4) is 0 Å². The van der Waals surface area contributed by atoms with Crippen LogP contribution in [-0.4, -0.2) is 24.0 Å². The third-order valence-electron chi connectivity index (χ3n) is 2.58. The second-order valence-electron chi connectivity index (χ2n) is 4.14. The second kappa shape index (κ2) is 6.08. The number of pyridine rings is 1. The maximum Gasteiger partial charge on any atom is 0.236 e. The first kappa shape index (κ1) is 13.3. The molecule has 0 aliphatic heterocycles. The van der Waals surface area contributed by atoms with Crippen LogP contribution in [0.5, 0.6) is 0 Å². The lowest BCUT2D eigenvalue weighted by Gasteiger charge is -2.22. The SMILES string of the molecule is CCCCN(CC(N)=O)c1cc(N)c(C)cn1. The summed E-state index contributed by atoms with van der Waals surface area (Å²) in [4.78, 5) is 17.2. The van der Waals surface area contributed by atoms with Crippen LogP contribution in [0.3, 0.4) is 0 Å². The largest absolute Gasteiger partial charge is 0.398 e. The zero-order valence-electron chi connectivity index (χ0n) is 10.4. The number of unbranched alkanes of at least 4 members (excludes halogenated alkanes) is 1. The molecule has 0 saturated heterocycles. The molecule has 1 aromatic rings. The van der Waals surface area contributed by atoms with Gasteiger partial charge in [-0.05, 0) is 18.9 Å². The maximum absolute atomic E-state index is 11.0. The monoisotopic (exact) mass is 236 g/mol. The van der Waals surface area contributed by atoms with E-state index in [4.69, 9.17) is 11.5 Å². The number of rotatable bonds is 6. The Hall–Kier alpha value is -1.78. The Labute approximate surface area is 102 Å². The molecule has 5 heteroatoms. The van der Waals surface area contributed by atoms with Gasteiger partial charge in [0.1, 0.15) is 5.82 Å². The number of aryl methyl sites for hydroxylation is 1. The Morgan fingerprint density at radius 2 is 2.24 bits per heavy atom. The summed E-state index contributed by atoms with van der Waals surface area (Å²) in [6, 6.07) is 1.79.